The third-order valence-electron chi connectivity index (χ3n) is 3.46. The largest absolute Gasteiger partial charge is 0.346 e. The molecular formula is C15H14N4O2S. The topological polar surface area (TPSA) is 74.7 Å². The van der Waals surface area contributed by atoms with Crippen LogP contribution in [0.2, 0.25) is 0 Å². The van der Waals surface area contributed by atoms with Crippen molar-refractivity contribution in [3.05, 3.63) is 52.0 Å². The second-order valence-electron chi connectivity index (χ2n) is 5.07. The second kappa shape index (κ2) is 5.34. The molecule has 6 nitrogen and oxygen atoms in total. The number of nitrogens with zero attached hydrogens (tertiary/aromatic N) is 3. The molecular weight excluding hydrogens is 300 g/mol. The zero-order valence-electron chi connectivity index (χ0n) is 12.1. The van der Waals surface area contributed by atoms with Crippen LogP contribution in [0.1, 0.15) is 23.2 Å². The summed E-state index contributed by atoms with van der Waals surface area (Å²) in [7, 11) is 0. The number of rotatable bonds is 3. The minimum Gasteiger partial charge on any atom is -0.318 e. The molecule has 1 N–H and O–H groups in total. The molecule has 3 rings (SSSR count). The molecule has 0 saturated carbocycles. The van der Waals surface area contributed by atoms with Crippen LogP contribution in [-0.2, 0) is 10.3 Å². The van der Waals surface area contributed by atoms with Gasteiger partial charge in [-0.2, -0.15) is 5.10 Å². The van der Waals surface area contributed by atoms with Crippen molar-refractivity contribution in [3.63, 3.8) is 0 Å². The molecule has 0 radical (unpaired) electrons. The summed E-state index contributed by atoms with van der Waals surface area (Å²) in [6.45, 7) is 3.55. The highest BCUT2D eigenvalue weighted by Crippen LogP contribution is 2.28. The first-order valence-electron chi connectivity index (χ1n) is 6.69. The van der Waals surface area contributed by atoms with Gasteiger partial charge in [-0.1, -0.05) is 30.3 Å². The summed E-state index contributed by atoms with van der Waals surface area (Å²) in [5.74, 6) is -0.410. The van der Waals surface area contributed by atoms with Gasteiger partial charge in [0.05, 0.1) is 16.9 Å². The summed E-state index contributed by atoms with van der Waals surface area (Å²) in [6, 6.07) is 8.56. The minimum absolute atomic E-state index is 0.410. The van der Waals surface area contributed by atoms with Crippen molar-refractivity contribution in [1.82, 2.24) is 15.3 Å². The average molecular weight is 314 g/mol. The number of urea groups is 1. The molecule has 2 aromatic rings. The Bertz CT molecular complexity index is 756. The number of nitrogens with one attached hydrogen (secondary N) is 1. The van der Waals surface area contributed by atoms with Crippen LogP contribution in [-0.4, -0.2) is 28.1 Å². The summed E-state index contributed by atoms with van der Waals surface area (Å²) in [4.78, 5) is 28.9. The summed E-state index contributed by atoms with van der Waals surface area (Å²) < 4.78 is 0. The predicted molar refractivity (Wildman–Crippen MR) is 83.6 cm³/mol. The lowest BCUT2D eigenvalue weighted by molar-refractivity contribution is -0.131. The van der Waals surface area contributed by atoms with Crippen molar-refractivity contribution in [3.8, 4) is 0 Å². The van der Waals surface area contributed by atoms with Crippen molar-refractivity contribution in [1.29, 1.82) is 0 Å². The smallest absolute Gasteiger partial charge is 0.318 e. The first-order valence-corrected chi connectivity index (χ1v) is 7.57. The fourth-order valence-electron chi connectivity index (χ4n) is 2.25. The molecule has 1 aromatic heterocycles. The van der Waals surface area contributed by atoms with Crippen LogP contribution in [0.15, 0.2) is 40.8 Å². The quantitative estimate of drug-likeness (QED) is 0.697. The third-order valence-corrected chi connectivity index (χ3v) is 4.25. The molecule has 1 atom stereocenters. The maximum absolute atomic E-state index is 12.6. The van der Waals surface area contributed by atoms with Gasteiger partial charge in [-0.3, -0.25) is 4.79 Å². The summed E-state index contributed by atoms with van der Waals surface area (Å²) in [5, 5.41) is 10.2. The number of aryl methyl sites for hydroxylation is 1. The first-order chi connectivity index (χ1) is 10.5. The highest BCUT2D eigenvalue weighted by molar-refractivity contribution is 7.09. The number of carbonyl (C=O) groups excluding carboxylic acids is 2. The molecule has 0 bridgehead atoms. The molecule has 3 amide bonds. The lowest BCUT2D eigenvalue weighted by atomic mass is 9.92. The van der Waals surface area contributed by atoms with Crippen LogP contribution < -0.4 is 5.32 Å². The number of benzene rings is 1. The van der Waals surface area contributed by atoms with Gasteiger partial charge in [0.15, 0.2) is 0 Å². The first kappa shape index (κ1) is 14.4. The fraction of sp³-hybridized carbons (Fsp3) is 0.200. The lowest BCUT2D eigenvalue weighted by Crippen LogP contribution is -2.40. The Morgan fingerprint density at radius 3 is 2.68 bits per heavy atom. The molecule has 22 heavy (non-hydrogen) atoms. The Labute approximate surface area is 131 Å². The van der Waals surface area contributed by atoms with Gasteiger partial charge >= 0.3 is 6.03 Å². The Morgan fingerprint density at radius 1 is 1.32 bits per heavy atom. The van der Waals surface area contributed by atoms with E-state index in [2.05, 4.69) is 15.4 Å². The summed E-state index contributed by atoms with van der Waals surface area (Å²) >= 11 is 1.48. The predicted octanol–water partition coefficient (Wildman–Crippen LogP) is 2.25. The van der Waals surface area contributed by atoms with Gasteiger partial charge in [0, 0.05) is 5.38 Å². The van der Waals surface area contributed by atoms with Gasteiger partial charge in [0.25, 0.3) is 5.91 Å². The van der Waals surface area contributed by atoms with Crippen LogP contribution in [0.5, 0.6) is 0 Å². The van der Waals surface area contributed by atoms with Crippen LogP contribution in [0.3, 0.4) is 0 Å². The van der Waals surface area contributed by atoms with E-state index in [-0.39, 0.29) is 0 Å². The molecule has 1 aliphatic rings. The Kier molecular flexibility index (Phi) is 3.50. The summed E-state index contributed by atoms with van der Waals surface area (Å²) in [5.41, 5.74) is 0.236. The molecule has 1 saturated heterocycles. The van der Waals surface area contributed by atoms with Gasteiger partial charge in [0.1, 0.15) is 5.54 Å². The zero-order valence-corrected chi connectivity index (χ0v) is 12.9. The van der Waals surface area contributed by atoms with E-state index in [0.717, 1.165) is 15.6 Å². The van der Waals surface area contributed by atoms with Crippen molar-refractivity contribution in [2.24, 2.45) is 5.10 Å². The number of imide groups is 1. The van der Waals surface area contributed by atoms with Gasteiger partial charge < -0.3 is 5.32 Å². The molecule has 1 aliphatic heterocycles. The number of hydrogen-bond acceptors (Lipinski definition) is 5. The van der Waals surface area contributed by atoms with Gasteiger partial charge in [-0.15, -0.1) is 16.3 Å². The third kappa shape index (κ3) is 2.39. The molecule has 1 aromatic carbocycles. The standard InChI is InChI=1S/C15H14N4O2S/c1-10-17-12(9-22-10)8-16-19-13(20)15(2,18-14(19)21)11-6-4-3-5-7-11/h3-9H,1-2H3,(H,18,21)/b16-8-/t15-/m0/s1. The van der Waals surface area contributed by atoms with Crippen molar-refractivity contribution < 1.29 is 9.59 Å². The average Bonchev–Trinajstić information content (AvgIpc) is 3.02. The van der Waals surface area contributed by atoms with Crippen LogP contribution in [0.25, 0.3) is 0 Å². The van der Waals surface area contributed by atoms with Crippen LogP contribution >= 0.6 is 11.3 Å². The van der Waals surface area contributed by atoms with Crippen molar-refractivity contribution in [2.45, 2.75) is 19.4 Å². The number of hydrazone groups is 1. The number of thiazole rings is 1. The number of carbonyl (C=O) groups is 2. The molecule has 1 fully saturated rings. The maximum atomic E-state index is 12.6. The van der Waals surface area contributed by atoms with E-state index in [1.807, 2.05) is 30.5 Å². The molecule has 2 heterocycles. The monoisotopic (exact) mass is 314 g/mol. The van der Waals surface area contributed by atoms with E-state index in [0.29, 0.717) is 5.69 Å². The minimum atomic E-state index is -1.10. The van der Waals surface area contributed by atoms with Crippen molar-refractivity contribution >= 4 is 29.5 Å². The highest BCUT2D eigenvalue weighted by Gasteiger charge is 2.49. The molecule has 0 aliphatic carbocycles. The van der Waals surface area contributed by atoms with Gasteiger partial charge in [-0.05, 0) is 19.4 Å². The second-order valence-corrected chi connectivity index (χ2v) is 6.14. The lowest BCUT2D eigenvalue weighted by Gasteiger charge is -2.20. The van der Waals surface area contributed by atoms with Gasteiger partial charge in [0.2, 0.25) is 0 Å². The van der Waals surface area contributed by atoms with Gasteiger partial charge in [-0.25, -0.2) is 9.78 Å². The fourth-order valence-corrected chi connectivity index (χ4v) is 2.82. The van der Waals surface area contributed by atoms with Crippen LogP contribution in [0.4, 0.5) is 4.79 Å². The highest BCUT2D eigenvalue weighted by atomic mass is 32.1. The summed E-state index contributed by atoms with van der Waals surface area (Å²) in [6.07, 6.45) is 1.41. The number of amides is 3. The van der Waals surface area contributed by atoms with E-state index in [1.54, 1.807) is 19.1 Å². The number of hydrogen-bond donors (Lipinski definition) is 1. The van der Waals surface area contributed by atoms with E-state index in [1.165, 1.54) is 17.6 Å². The zero-order chi connectivity index (χ0) is 15.7. The van der Waals surface area contributed by atoms with E-state index < -0.39 is 17.5 Å². The van der Waals surface area contributed by atoms with E-state index >= 15 is 0 Å². The number of aromatic nitrogens is 1. The maximum Gasteiger partial charge on any atom is 0.346 e. The molecule has 0 spiro atoms. The van der Waals surface area contributed by atoms with Crippen LogP contribution in [0, 0.1) is 6.92 Å². The molecule has 7 heteroatoms. The Hall–Kier alpha value is -2.54. The SMILES string of the molecule is Cc1nc(/C=N\N2C(=O)N[C@@](C)(c3ccccc3)C2=O)cs1. The van der Waals surface area contributed by atoms with E-state index in [4.69, 9.17) is 0 Å². The Morgan fingerprint density at radius 2 is 2.05 bits per heavy atom. The Balaban J connectivity index is 1.87. The molecule has 0 unspecified atom stereocenters. The van der Waals surface area contributed by atoms with Crippen molar-refractivity contribution in [2.75, 3.05) is 0 Å². The normalized spacial score (nSPS) is 21.6. The molecule has 112 valence electrons. The van der Waals surface area contributed by atoms with E-state index in [9.17, 15) is 9.59 Å².